The maximum atomic E-state index is 6.13. The quantitative estimate of drug-likeness (QED) is 0.673. The van der Waals surface area contributed by atoms with Crippen LogP contribution in [0.2, 0.25) is 10.3 Å². The lowest BCUT2D eigenvalue weighted by Gasteiger charge is -2.08. The molecule has 6 heteroatoms. The van der Waals surface area contributed by atoms with Crippen molar-refractivity contribution in [3.05, 3.63) is 45.5 Å². The Morgan fingerprint density at radius 1 is 1.16 bits per heavy atom. The summed E-state index contributed by atoms with van der Waals surface area (Å²) in [5.41, 5.74) is 0.795. The molecule has 0 aliphatic rings. The van der Waals surface area contributed by atoms with Crippen molar-refractivity contribution in [2.75, 3.05) is 5.32 Å². The van der Waals surface area contributed by atoms with Gasteiger partial charge in [0.25, 0.3) is 0 Å². The number of halogens is 2. The number of aromatic nitrogens is 2. The van der Waals surface area contributed by atoms with Gasteiger partial charge in [0.15, 0.2) is 0 Å². The van der Waals surface area contributed by atoms with Gasteiger partial charge in [-0.1, -0.05) is 23.7 Å². The van der Waals surface area contributed by atoms with Crippen molar-refractivity contribution in [2.24, 2.45) is 0 Å². The first-order chi connectivity index (χ1) is 9.13. The summed E-state index contributed by atoms with van der Waals surface area (Å²) in [4.78, 5) is 10.5. The molecule has 0 atom stereocenters. The molecule has 0 fully saturated rings. The monoisotopic (exact) mass is 309 g/mol. The Balaban J connectivity index is 2.12. The van der Waals surface area contributed by atoms with Crippen molar-refractivity contribution in [3.8, 4) is 0 Å². The summed E-state index contributed by atoms with van der Waals surface area (Å²) in [5.74, 6) is 0.674. The predicted octanol–water partition coefficient (Wildman–Crippen LogP) is 5.05. The molecule has 96 valence electrons. The van der Waals surface area contributed by atoms with E-state index in [4.69, 9.17) is 23.2 Å². The lowest BCUT2D eigenvalue weighted by molar-refractivity contribution is 1.23. The number of anilines is 2. The van der Waals surface area contributed by atoms with E-state index < -0.39 is 0 Å². The molecule has 2 aromatic heterocycles. The Labute approximate surface area is 124 Å². The van der Waals surface area contributed by atoms with Crippen LogP contribution in [0, 0.1) is 6.92 Å². The van der Waals surface area contributed by atoms with Gasteiger partial charge in [-0.3, -0.25) is 0 Å². The van der Waals surface area contributed by atoms with E-state index in [2.05, 4.69) is 15.3 Å². The number of thiophene rings is 1. The summed E-state index contributed by atoms with van der Waals surface area (Å²) in [6, 6.07) is 9.54. The third-order valence-electron chi connectivity index (χ3n) is 2.62. The minimum Gasteiger partial charge on any atom is -0.338 e. The Morgan fingerprint density at radius 2 is 1.95 bits per heavy atom. The van der Waals surface area contributed by atoms with Gasteiger partial charge in [0.05, 0.1) is 16.1 Å². The van der Waals surface area contributed by atoms with Crippen molar-refractivity contribution in [1.29, 1.82) is 0 Å². The minimum atomic E-state index is 0.226. The van der Waals surface area contributed by atoms with Crippen LogP contribution in [-0.4, -0.2) is 9.97 Å². The summed E-state index contributed by atoms with van der Waals surface area (Å²) in [7, 11) is 0. The molecule has 3 rings (SSSR count). The van der Waals surface area contributed by atoms with E-state index in [1.165, 1.54) is 0 Å². The lowest BCUT2D eigenvalue weighted by Crippen LogP contribution is -1.96. The molecule has 19 heavy (non-hydrogen) atoms. The molecule has 0 spiro atoms. The fraction of sp³-hybridized carbons (Fsp3) is 0.0769. The summed E-state index contributed by atoms with van der Waals surface area (Å²) >= 11 is 13.7. The second kappa shape index (κ2) is 4.96. The highest BCUT2D eigenvalue weighted by atomic mass is 35.5. The van der Waals surface area contributed by atoms with Gasteiger partial charge in [0, 0.05) is 4.88 Å². The van der Waals surface area contributed by atoms with Gasteiger partial charge in [-0.15, -0.1) is 11.3 Å². The van der Waals surface area contributed by atoms with Crippen LogP contribution in [0.4, 0.5) is 11.5 Å². The van der Waals surface area contributed by atoms with Crippen LogP contribution >= 0.6 is 34.5 Å². The molecule has 0 bridgehead atoms. The first-order valence-electron chi connectivity index (χ1n) is 5.59. The third kappa shape index (κ3) is 2.52. The molecule has 0 amide bonds. The molecule has 0 saturated carbocycles. The normalized spacial score (nSPS) is 10.9. The van der Waals surface area contributed by atoms with Gasteiger partial charge in [-0.25, -0.2) is 4.98 Å². The number of hydrogen-bond donors (Lipinski definition) is 1. The topological polar surface area (TPSA) is 37.8 Å². The molecule has 3 aromatic rings. The highest BCUT2D eigenvalue weighted by Crippen LogP contribution is 2.32. The number of para-hydroxylation sites is 1. The highest BCUT2D eigenvalue weighted by molar-refractivity contribution is 7.18. The SMILES string of the molecule is Cc1cc2c(Nc3ccccc3Cl)nc(Cl)nc2s1. The van der Waals surface area contributed by atoms with E-state index in [0.29, 0.717) is 10.8 Å². The average Bonchev–Trinajstić information content (AvgIpc) is 2.72. The second-order valence-electron chi connectivity index (χ2n) is 4.02. The zero-order valence-corrected chi connectivity index (χ0v) is 12.3. The number of rotatable bonds is 2. The Kier molecular flexibility index (Phi) is 3.31. The standard InChI is InChI=1S/C13H9Cl2N3S/c1-7-6-8-11(17-13(15)18-12(8)19-7)16-10-5-3-2-4-9(10)14/h2-6H,1H3,(H,16,17,18). The zero-order chi connectivity index (χ0) is 13.4. The number of hydrogen-bond acceptors (Lipinski definition) is 4. The lowest BCUT2D eigenvalue weighted by atomic mass is 10.3. The maximum Gasteiger partial charge on any atom is 0.225 e. The van der Waals surface area contributed by atoms with Crippen molar-refractivity contribution < 1.29 is 0 Å². The van der Waals surface area contributed by atoms with Crippen LogP contribution in [0.3, 0.4) is 0 Å². The van der Waals surface area contributed by atoms with E-state index in [-0.39, 0.29) is 5.28 Å². The summed E-state index contributed by atoms with van der Waals surface area (Å²) in [6.45, 7) is 2.03. The van der Waals surface area contributed by atoms with Gasteiger partial charge in [0.1, 0.15) is 10.6 Å². The molecular weight excluding hydrogens is 301 g/mol. The van der Waals surface area contributed by atoms with Gasteiger partial charge < -0.3 is 5.32 Å². The summed E-state index contributed by atoms with van der Waals surface area (Å²) in [6.07, 6.45) is 0. The van der Waals surface area contributed by atoms with E-state index in [1.54, 1.807) is 11.3 Å². The van der Waals surface area contributed by atoms with Crippen LogP contribution < -0.4 is 5.32 Å². The third-order valence-corrected chi connectivity index (χ3v) is 4.06. The number of benzene rings is 1. The minimum absolute atomic E-state index is 0.226. The van der Waals surface area contributed by atoms with Gasteiger partial charge in [0.2, 0.25) is 5.28 Å². The molecule has 0 aliphatic carbocycles. The van der Waals surface area contributed by atoms with Crippen LogP contribution in [0.1, 0.15) is 4.88 Å². The highest BCUT2D eigenvalue weighted by Gasteiger charge is 2.10. The van der Waals surface area contributed by atoms with E-state index >= 15 is 0 Å². The van der Waals surface area contributed by atoms with Crippen LogP contribution in [0.25, 0.3) is 10.2 Å². The van der Waals surface area contributed by atoms with Crippen LogP contribution in [0.15, 0.2) is 30.3 Å². The Hall–Kier alpha value is -1.36. The summed E-state index contributed by atoms with van der Waals surface area (Å²) in [5, 5.41) is 5.02. The van der Waals surface area contributed by atoms with Crippen molar-refractivity contribution in [3.63, 3.8) is 0 Å². The van der Waals surface area contributed by atoms with Crippen molar-refractivity contribution in [2.45, 2.75) is 6.92 Å². The van der Waals surface area contributed by atoms with Crippen LogP contribution in [-0.2, 0) is 0 Å². The molecular formula is C13H9Cl2N3S. The van der Waals surface area contributed by atoms with E-state index in [0.717, 1.165) is 20.8 Å². The number of aryl methyl sites for hydroxylation is 1. The predicted molar refractivity (Wildman–Crippen MR) is 81.9 cm³/mol. The number of fused-ring (bicyclic) bond motifs is 1. The fourth-order valence-electron chi connectivity index (χ4n) is 1.80. The molecule has 2 heterocycles. The van der Waals surface area contributed by atoms with Crippen LogP contribution in [0.5, 0.6) is 0 Å². The summed E-state index contributed by atoms with van der Waals surface area (Å²) < 4.78 is 0. The molecule has 3 nitrogen and oxygen atoms in total. The van der Waals surface area contributed by atoms with Crippen molar-refractivity contribution in [1.82, 2.24) is 9.97 Å². The fourth-order valence-corrected chi connectivity index (χ4v) is 3.08. The molecule has 1 N–H and O–H groups in total. The van der Waals surface area contributed by atoms with Gasteiger partial charge in [-0.2, -0.15) is 4.98 Å². The molecule has 1 aromatic carbocycles. The largest absolute Gasteiger partial charge is 0.338 e. The molecule has 0 aliphatic heterocycles. The molecule has 0 saturated heterocycles. The first kappa shape index (κ1) is 12.7. The maximum absolute atomic E-state index is 6.13. The van der Waals surface area contributed by atoms with E-state index in [9.17, 15) is 0 Å². The Bertz CT molecular complexity index is 755. The Morgan fingerprint density at radius 3 is 2.74 bits per heavy atom. The smallest absolute Gasteiger partial charge is 0.225 e. The number of nitrogens with zero attached hydrogens (tertiary/aromatic N) is 2. The average molecular weight is 310 g/mol. The number of nitrogens with one attached hydrogen (secondary N) is 1. The van der Waals surface area contributed by atoms with Gasteiger partial charge in [-0.05, 0) is 36.7 Å². The van der Waals surface area contributed by atoms with Crippen molar-refractivity contribution >= 4 is 56.3 Å². The first-order valence-corrected chi connectivity index (χ1v) is 7.16. The molecule has 0 radical (unpaired) electrons. The van der Waals surface area contributed by atoms with Gasteiger partial charge >= 0.3 is 0 Å². The van der Waals surface area contributed by atoms with E-state index in [1.807, 2.05) is 37.3 Å². The molecule has 0 unspecified atom stereocenters. The zero-order valence-electron chi connectivity index (χ0n) is 9.95. The second-order valence-corrected chi connectivity index (χ2v) is 6.00.